The molecule has 1 atom stereocenters. The summed E-state index contributed by atoms with van der Waals surface area (Å²) >= 11 is 14.3. The third-order valence-electron chi connectivity index (χ3n) is 4.39. The number of nitrogens with zero attached hydrogens (tertiary/aromatic N) is 1. The second-order valence-electron chi connectivity index (χ2n) is 5.98. The Bertz CT molecular complexity index is 750. The first kappa shape index (κ1) is 18.7. The highest BCUT2D eigenvalue weighted by atomic mass is 35.5. The maximum Gasteiger partial charge on any atom is 0.278 e. The minimum Gasteiger partial charge on any atom is -0.379 e. The molecule has 2 N–H and O–H groups in total. The fourth-order valence-electron chi connectivity index (χ4n) is 3.19. The molecule has 0 saturated carbocycles. The standard InChI is InChI=1S/C18H20Cl2N2O2S/c1-24-8-6-21-11-17(23)22-7-4-16-14(5-9-25-16)18(22)13-3-2-12(19)10-15(13)20/h2-3,5,9-10,18,21H,4,6-8,11H2,1H3/p+1/t18-/m1/s1. The van der Waals surface area contributed by atoms with Crippen LogP contribution in [0, 0.1) is 0 Å². The van der Waals surface area contributed by atoms with Crippen LogP contribution in [-0.4, -0.2) is 44.2 Å². The number of carbonyl (C=O) groups excluding carboxylic acids is 1. The van der Waals surface area contributed by atoms with Crippen LogP contribution >= 0.6 is 34.5 Å². The number of amides is 1. The first-order chi connectivity index (χ1) is 12.1. The van der Waals surface area contributed by atoms with Gasteiger partial charge in [0.15, 0.2) is 6.54 Å². The molecule has 134 valence electrons. The van der Waals surface area contributed by atoms with Crippen LogP contribution in [0.2, 0.25) is 10.0 Å². The number of carbonyl (C=O) groups is 1. The van der Waals surface area contributed by atoms with Crippen molar-refractivity contribution in [3.63, 3.8) is 0 Å². The van der Waals surface area contributed by atoms with E-state index in [0.29, 0.717) is 29.7 Å². The Labute approximate surface area is 161 Å². The Morgan fingerprint density at radius 2 is 2.20 bits per heavy atom. The third kappa shape index (κ3) is 4.18. The molecule has 1 aromatic carbocycles. The summed E-state index contributed by atoms with van der Waals surface area (Å²) in [4.78, 5) is 16.1. The Morgan fingerprint density at radius 3 is 2.96 bits per heavy atom. The second kappa shape index (κ2) is 8.52. The number of halogens is 2. The van der Waals surface area contributed by atoms with Gasteiger partial charge in [-0.1, -0.05) is 29.3 Å². The highest BCUT2D eigenvalue weighted by Crippen LogP contribution is 2.40. The van der Waals surface area contributed by atoms with Crippen LogP contribution in [0.3, 0.4) is 0 Å². The van der Waals surface area contributed by atoms with E-state index < -0.39 is 0 Å². The summed E-state index contributed by atoms with van der Waals surface area (Å²) in [5.74, 6) is 0.115. The molecule has 1 aromatic heterocycles. The number of methoxy groups -OCH3 is 1. The summed E-state index contributed by atoms with van der Waals surface area (Å²) in [6, 6.07) is 7.45. The number of benzene rings is 1. The van der Waals surface area contributed by atoms with Crippen molar-refractivity contribution in [3.05, 3.63) is 55.7 Å². The number of thiophene rings is 1. The van der Waals surface area contributed by atoms with Crippen molar-refractivity contribution in [2.75, 3.05) is 33.4 Å². The minimum atomic E-state index is -0.150. The van der Waals surface area contributed by atoms with Crippen molar-refractivity contribution >= 4 is 40.4 Å². The highest BCUT2D eigenvalue weighted by molar-refractivity contribution is 7.10. The van der Waals surface area contributed by atoms with Crippen LogP contribution in [0.1, 0.15) is 22.0 Å². The van der Waals surface area contributed by atoms with Crippen LogP contribution in [0.4, 0.5) is 0 Å². The summed E-state index contributed by atoms with van der Waals surface area (Å²) in [5.41, 5.74) is 2.10. The Kier molecular flexibility index (Phi) is 6.36. The van der Waals surface area contributed by atoms with Crippen LogP contribution < -0.4 is 5.32 Å². The molecule has 0 saturated heterocycles. The molecule has 1 aliphatic heterocycles. The van der Waals surface area contributed by atoms with Gasteiger partial charge < -0.3 is 15.0 Å². The summed E-state index contributed by atoms with van der Waals surface area (Å²) in [5, 5.41) is 5.26. The van der Waals surface area contributed by atoms with Crippen LogP contribution in [0.15, 0.2) is 29.6 Å². The van der Waals surface area contributed by atoms with E-state index in [2.05, 4.69) is 11.4 Å². The van der Waals surface area contributed by atoms with Crippen molar-refractivity contribution < 1.29 is 14.8 Å². The number of rotatable bonds is 6. The zero-order valence-corrected chi connectivity index (χ0v) is 16.3. The van der Waals surface area contributed by atoms with Gasteiger partial charge in [0.1, 0.15) is 0 Å². The van der Waals surface area contributed by atoms with Gasteiger partial charge in [0, 0.05) is 28.6 Å². The number of quaternary nitrogens is 1. The average Bonchev–Trinajstić information content (AvgIpc) is 3.07. The summed E-state index contributed by atoms with van der Waals surface area (Å²) in [7, 11) is 1.66. The van der Waals surface area contributed by atoms with Crippen LogP contribution in [0.5, 0.6) is 0 Å². The zero-order valence-electron chi connectivity index (χ0n) is 14.0. The highest BCUT2D eigenvalue weighted by Gasteiger charge is 2.34. The number of fused-ring (bicyclic) bond motifs is 1. The molecule has 3 rings (SSSR count). The maximum absolute atomic E-state index is 12.8. The van der Waals surface area contributed by atoms with E-state index in [1.54, 1.807) is 24.5 Å². The van der Waals surface area contributed by atoms with Crippen molar-refractivity contribution in [1.82, 2.24) is 4.90 Å². The topological polar surface area (TPSA) is 46.1 Å². The van der Waals surface area contributed by atoms with Crippen molar-refractivity contribution in [1.29, 1.82) is 0 Å². The fraction of sp³-hybridized carbons (Fsp3) is 0.389. The van der Waals surface area contributed by atoms with Crippen molar-refractivity contribution in [2.24, 2.45) is 0 Å². The molecule has 0 fully saturated rings. The lowest BCUT2D eigenvalue weighted by atomic mass is 9.93. The lowest BCUT2D eigenvalue weighted by Crippen LogP contribution is -2.87. The molecule has 4 nitrogen and oxygen atoms in total. The predicted molar refractivity (Wildman–Crippen MR) is 102 cm³/mol. The molecule has 2 aromatic rings. The molecule has 1 amide bonds. The van der Waals surface area contributed by atoms with Gasteiger partial charge in [-0.05, 0) is 41.1 Å². The fourth-order valence-corrected chi connectivity index (χ4v) is 4.60. The number of hydrogen-bond acceptors (Lipinski definition) is 3. The van der Waals surface area contributed by atoms with E-state index in [9.17, 15) is 4.79 Å². The van der Waals surface area contributed by atoms with E-state index in [0.717, 1.165) is 18.5 Å². The van der Waals surface area contributed by atoms with E-state index in [1.807, 2.05) is 22.3 Å². The smallest absolute Gasteiger partial charge is 0.278 e. The molecule has 0 aliphatic carbocycles. The van der Waals surface area contributed by atoms with E-state index in [-0.39, 0.29) is 11.9 Å². The predicted octanol–water partition coefficient (Wildman–Crippen LogP) is 2.74. The Hall–Kier alpha value is -1.11. The molecule has 0 unspecified atom stereocenters. The number of nitrogens with two attached hydrogens (primary N) is 1. The second-order valence-corrected chi connectivity index (χ2v) is 7.82. The number of ether oxygens (including phenoxy) is 1. The largest absolute Gasteiger partial charge is 0.379 e. The monoisotopic (exact) mass is 399 g/mol. The summed E-state index contributed by atoms with van der Waals surface area (Å²) in [6.45, 7) is 2.51. The third-order valence-corrected chi connectivity index (χ3v) is 5.95. The quantitative estimate of drug-likeness (QED) is 0.758. The van der Waals surface area contributed by atoms with E-state index >= 15 is 0 Å². The molecular weight excluding hydrogens is 379 g/mol. The van der Waals surface area contributed by atoms with Crippen LogP contribution in [-0.2, 0) is 16.0 Å². The van der Waals surface area contributed by atoms with Gasteiger partial charge >= 0.3 is 0 Å². The van der Waals surface area contributed by atoms with Crippen LogP contribution in [0.25, 0.3) is 0 Å². The van der Waals surface area contributed by atoms with E-state index in [4.69, 9.17) is 27.9 Å². The van der Waals surface area contributed by atoms with Gasteiger partial charge in [0.25, 0.3) is 5.91 Å². The molecule has 0 bridgehead atoms. The summed E-state index contributed by atoms with van der Waals surface area (Å²) in [6.07, 6.45) is 0.887. The van der Waals surface area contributed by atoms with E-state index in [1.165, 1.54) is 10.4 Å². The molecule has 1 aliphatic rings. The zero-order chi connectivity index (χ0) is 17.8. The lowest BCUT2D eigenvalue weighted by Gasteiger charge is -2.36. The molecule has 2 heterocycles. The Morgan fingerprint density at radius 1 is 1.36 bits per heavy atom. The molecule has 7 heteroatoms. The molecule has 25 heavy (non-hydrogen) atoms. The maximum atomic E-state index is 12.8. The lowest BCUT2D eigenvalue weighted by molar-refractivity contribution is -0.646. The number of hydrogen-bond donors (Lipinski definition) is 1. The molecular formula is C18H21Cl2N2O2S+. The SMILES string of the molecule is COCC[NH2+]CC(=O)N1CCc2sccc2[C@H]1c1ccc(Cl)cc1Cl. The first-order valence-corrected chi connectivity index (χ1v) is 9.86. The first-order valence-electron chi connectivity index (χ1n) is 8.23. The minimum absolute atomic E-state index is 0.115. The van der Waals surface area contributed by atoms with Gasteiger partial charge in [-0.3, -0.25) is 4.79 Å². The van der Waals surface area contributed by atoms with Gasteiger partial charge in [-0.25, -0.2) is 0 Å². The van der Waals surface area contributed by atoms with Gasteiger partial charge in [-0.15, -0.1) is 11.3 Å². The molecule has 0 radical (unpaired) electrons. The van der Waals surface area contributed by atoms with Gasteiger partial charge in [-0.2, -0.15) is 0 Å². The average molecular weight is 400 g/mol. The van der Waals surface area contributed by atoms with Gasteiger partial charge in [0.2, 0.25) is 0 Å². The Balaban J connectivity index is 1.88. The van der Waals surface area contributed by atoms with Crippen molar-refractivity contribution in [2.45, 2.75) is 12.5 Å². The molecule has 0 spiro atoms. The van der Waals surface area contributed by atoms with Crippen molar-refractivity contribution in [3.8, 4) is 0 Å². The normalized spacial score (nSPS) is 16.8. The van der Waals surface area contributed by atoms with Gasteiger partial charge in [0.05, 0.1) is 19.2 Å². The summed E-state index contributed by atoms with van der Waals surface area (Å²) < 4.78 is 5.04.